The Kier molecular flexibility index (Phi) is 10.3. The number of amides is 1. The van der Waals surface area contributed by atoms with Crippen molar-refractivity contribution in [1.82, 2.24) is 5.32 Å². The molecule has 0 aromatic carbocycles. The van der Waals surface area contributed by atoms with Gasteiger partial charge in [0.2, 0.25) is 5.91 Å². The van der Waals surface area contributed by atoms with Gasteiger partial charge in [0.25, 0.3) is 0 Å². The Balaban J connectivity index is 0.00000121. The molecular formula is C15H31NO. The quantitative estimate of drug-likeness (QED) is 0.715. The molecule has 0 atom stereocenters. The van der Waals surface area contributed by atoms with Crippen LogP contribution < -0.4 is 5.32 Å². The Bertz CT molecular complexity index is 183. The molecule has 0 unspecified atom stereocenters. The van der Waals surface area contributed by atoms with E-state index in [-0.39, 0.29) is 5.91 Å². The zero-order chi connectivity index (χ0) is 13.1. The Morgan fingerprint density at radius 3 is 2.18 bits per heavy atom. The van der Waals surface area contributed by atoms with Crippen molar-refractivity contribution in [2.24, 2.45) is 5.92 Å². The molecule has 2 nitrogen and oxygen atoms in total. The minimum Gasteiger partial charge on any atom is -0.354 e. The fraction of sp³-hybridized carbons (Fsp3) is 0.933. The average molecular weight is 241 g/mol. The van der Waals surface area contributed by atoms with Crippen molar-refractivity contribution in [3.8, 4) is 0 Å². The summed E-state index contributed by atoms with van der Waals surface area (Å²) in [6, 6.07) is 0.463. The number of nitrogens with one attached hydrogen (secondary N) is 1. The van der Waals surface area contributed by atoms with E-state index in [1.807, 2.05) is 13.8 Å². The summed E-state index contributed by atoms with van der Waals surface area (Å²) in [6.45, 7) is 7.88. The molecule has 0 heterocycles. The van der Waals surface area contributed by atoms with Gasteiger partial charge in [-0.15, -0.1) is 0 Å². The summed E-state index contributed by atoms with van der Waals surface area (Å²) in [6.07, 6.45) is 10.5. The summed E-state index contributed by atoms with van der Waals surface area (Å²) in [5, 5.41) is 3.03. The summed E-state index contributed by atoms with van der Waals surface area (Å²) in [5.41, 5.74) is 0. The molecule has 0 saturated heterocycles. The van der Waals surface area contributed by atoms with Crippen LogP contribution in [0.15, 0.2) is 0 Å². The SMILES string of the molecule is CC.CCCCCC1CCC(NC(C)=O)CC1. The Labute approximate surface area is 108 Å². The molecule has 0 aromatic heterocycles. The van der Waals surface area contributed by atoms with E-state index in [0.29, 0.717) is 6.04 Å². The second-order valence-electron chi connectivity index (χ2n) is 4.91. The minimum atomic E-state index is 0.129. The van der Waals surface area contributed by atoms with E-state index in [4.69, 9.17) is 0 Å². The van der Waals surface area contributed by atoms with Gasteiger partial charge in [-0.05, 0) is 31.6 Å². The van der Waals surface area contributed by atoms with Crippen LogP contribution in [0.25, 0.3) is 0 Å². The second kappa shape index (κ2) is 10.6. The summed E-state index contributed by atoms with van der Waals surface area (Å²) in [5.74, 6) is 1.06. The maximum Gasteiger partial charge on any atom is 0.217 e. The van der Waals surface area contributed by atoms with E-state index < -0.39 is 0 Å². The standard InChI is InChI=1S/C13H25NO.C2H6/c1-3-4-5-6-12-7-9-13(10-8-12)14-11(2)15;1-2/h12-13H,3-10H2,1-2H3,(H,14,15);1-2H3. The molecule has 0 aromatic rings. The average Bonchev–Trinajstić information content (AvgIpc) is 2.34. The van der Waals surface area contributed by atoms with E-state index in [0.717, 1.165) is 5.92 Å². The fourth-order valence-corrected chi connectivity index (χ4v) is 2.57. The third-order valence-corrected chi connectivity index (χ3v) is 3.47. The Morgan fingerprint density at radius 1 is 1.12 bits per heavy atom. The molecule has 0 bridgehead atoms. The molecule has 1 amide bonds. The molecule has 0 spiro atoms. The van der Waals surface area contributed by atoms with Gasteiger partial charge in [-0.3, -0.25) is 4.79 Å². The number of carbonyl (C=O) groups is 1. The monoisotopic (exact) mass is 241 g/mol. The lowest BCUT2D eigenvalue weighted by Crippen LogP contribution is -2.36. The summed E-state index contributed by atoms with van der Waals surface area (Å²) in [7, 11) is 0. The fourth-order valence-electron chi connectivity index (χ4n) is 2.57. The highest BCUT2D eigenvalue weighted by atomic mass is 16.1. The highest BCUT2D eigenvalue weighted by molar-refractivity contribution is 5.73. The van der Waals surface area contributed by atoms with E-state index in [2.05, 4.69) is 12.2 Å². The van der Waals surface area contributed by atoms with Gasteiger partial charge >= 0.3 is 0 Å². The van der Waals surface area contributed by atoms with Gasteiger partial charge in [0.05, 0.1) is 0 Å². The molecule has 102 valence electrons. The van der Waals surface area contributed by atoms with Gasteiger partial charge in [-0.2, -0.15) is 0 Å². The summed E-state index contributed by atoms with van der Waals surface area (Å²) < 4.78 is 0. The molecule has 1 fully saturated rings. The highest BCUT2D eigenvalue weighted by Crippen LogP contribution is 2.28. The normalized spacial score (nSPS) is 23.5. The number of hydrogen-bond donors (Lipinski definition) is 1. The smallest absolute Gasteiger partial charge is 0.217 e. The number of carbonyl (C=O) groups excluding carboxylic acids is 1. The van der Waals surface area contributed by atoms with Crippen molar-refractivity contribution >= 4 is 5.91 Å². The van der Waals surface area contributed by atoms with Gasteiger partial charge < -0.3 is 5.32 Å². The third kappa shape index (κ3) is 8.23. The lowest BCUT2D eigenvalue weighted by molar-refractivity contribution is -0.119. The topological polar surface area (TPSA) is 29.1 Å². The van der Waals surface area contributed by atoms with E-state index in [9.17, 15) is 4.79 Å². The molecule has 1 aliphatic rings. The van der Waals surface area contributed by atoms with Crippen LogP contribution in [0.1, 0.15) is 79.1 Å². The maximum atomic E-state index is 10.9. The Hall–Kier alpha value is -0.530. The van der Waals surface area contributed by atoms with Crippen molar-refractivity contribution in [2.45, 2.75) is 85.1 Å². The maximum absolute atomic E-state index is 10.9. The van der Waals surface area contributed by atoms with Crippen molar-refractivity contribution < 1.29 is 4.79 Å². The van der Waals surface area contributed by atoms with Gasteiger partial charge in [-0.1, -0.05) is 46.5 Å². The first-order valence-corrected chi connectivity index (χ1v) is 7.49. The molecule has 2 heteroatoms. The van der Waals surface area contributed by atoms with Gasteiger partial charge in [-0.25, -0.2) is 0 Å². The zero-order valence-electron chi connectivity index (χ0n) is 12.2. The van der Waals surface area contributed by atoms with Crippen LogP contribution in [0, 0.1) is 5.92 Å². The number of hydrogen-bond acceptors (Lipinski definition) is 1. The number of rotatable bonds is 5. The zero-order valence-corrected chi connectivity index (χ0v) is 12.2. The lowest BCUT2D eigenvalue weighted by atomic mass is 9.83. The molecular weight excluding hydrogens is 210 g/mol. The van der Waals surface area contributed by atoms with Gasteiger partial charge in [0, 0.05) is 13.0 Å². The predicted molar refractivity (Wildman–Crippen MR) is 75.1 cm³/mol. The van der Waals surface area contributed by atoms with Crippen LogP contribution in [0.5, 0.6) is 0 Å². The van der Waals surface area contributed by atoms with E-state index in [1.165, 1.54) is 51.4 Å². The lowest BCUT2D eigenvalue weighted by Gasteiger charge is -2.28. The first-order chi connectivity index (χ1) is 8.22. The van der Waals surface area contributed by atoms with Crippen molar-refractivity contribution in [3.05, 3.63) is 0 Å². The van der Waals surface area contributed by atoms with Crippen LogP contribution in [-0.4, -0.2) is 11.9 Å². The first-order valence-electron chi connectivity index (χ1n) is 7.49. The molecule has 0 radical (unpaired) electrons. The second-order valence-corrected chi connectivity index (χ2v) is 4.91. The molecule has 1 aliphatic carbocycles. The minimum absolute atomic E-state index is 0.129. The molecule has 17 heavy (non-hydrogen) atoms. The van der Waals surface area contributed by atoms with E-state index >= 15 is 0 Å². The first kappa shape index (κ1) is 16.5. The van der Waals surface area contributed by atoms with Crippen molar-refractivity contribution in [3.63, 3.8) is 0 Å². The Morgan fingerprint density at radius 2 is 1.71 bits per heavy atom. The summed E-state index contributed by atoms with van der Waals surface area (Å²) in [4.78, 5) is 10.9. The summed E-state index contributed by atoms with van der Waals surface area (Å²) >= 11 is 0. The highest BCUT2D eigenvalue weighted by Gasteiger charge is 2.20. The van der Waals surface area contributed by atoms with Crippen LogP contribution in [-0.2, 0) is 4.79 Å². The van der Waals surface area contributed by atoms with Gasteiger partial charge in [0.15, 0.2) is 0 Å². The van der Waals surface area contributed by atoms with Crippen LogP contribution in [0.3, 0.4) is 0 Å². The molecule has 1 N–H and O–H groups in total. The third-order valence-electron chi connectivity index (χ3n) is 3.47. The number of unbranched alkanes of at least 4 members (excludes halogenated alkanes) is 2. The van der Waals surface area contributed by atoms with Crippen molar-refractivity contribution in [1.29, 1.82) is 0 Å². The van der Waals surface area contributed by atoms with E-state index in [1.54, 1.807) is 6.92 Å². The van der Waals surface area contributed by atoms with Crippen molar-refractivity contribution in [2.75, 3.05) is 0 Å². The molecule has 1 saturated carbocycles. The van der Waals surface area contributed by atoms with Crippen LogP contribution in [0.2, 0.25) is 0 Å². The van der Waals surface area contributed by atoms with Crippen LogP contribution in [0.4, 0.5) is 0 Å². The van der Waals surface area contributed by atoms with Crippen LogP contribution >= 0.6 is 0 Å². The molecule has 1 rings (SSSR count). The molecule has 0 aliphatic heterocycles. The largest absolute Gasteiger partial charge is 0.354 e. The van der Waals surface area contributed by atoms with Gasteiger partial charge in [0.1, 0.15) is 0 Å². The predicted octanol–water partition coefficient (Wildman–Crippen LogP) is 4.29.